The van der Waals surface area contributed by atoms with Gasteiger partial charge in [0.1, 0.15) is 0 Å². The third-order valence-corrected chi connectivity index (χ3v) is 3.86. The van der Waals surface area contributed by atoms with Gasteiger partial charge in [0.25, 0.3) is 5.91 Å². The Hall–Kier alpha value is -2.05. The van der Waals surface area contributed by atoms with Gasteiger partial charge < -0.3 is 10.4 Å². The minimum Gasteiger partial charge on any atom is -0.481 e. The van der Waals surface area contributed by atoms with Gasteiger partial charge in [-0.15, -0.1) is 0 Å². The maximum Gasteiger partial charge on any atom is 0.303 e. The number of carboxylic acid groups (broad SMARTS) is 1. The van der Waals surface area contributed by atoms with Crippen molar-refractivity contribution in [3.8, 4) is 5.69 Å². The molecule has 23 heavy (non-hydrogen) atoms. The molecule has 122 valence electrons. The van der Waals surface area contributed by atoms with E-state index in [1.54, 1.807) is 28.9 Å². The molecule has 8 heteroatoms. The van der Waals surface area contributed by atoms with Gasteiger partial charge >= 0.3 is 5.97 Å². The number of aliphatic carboxylic acids is 1. The lowest BCUT2D eigenvalue weighted by atomic mass is 10.3. The number of rotatable bonds is 6. The molecule has 0 aliphatic rings. The van der Waals surface area contributed by atoms with Crippen molar-refractivity contribution in [3.63, 3.8) is 0 Å². The zero-order chi connectivity index (χ0) is 17.0. The fourth-order valence-electron chi connectivity index (χ4n) is 2.00. The van der Waals surface area contributed by atoms with E-state index in [1.165, 1.54) is 0 Å². The number of hydrogen-bond acceptors (Lipinski definition) is 3. The van der Waals surface area contributed by atoms with Crippen molar-refractivity contribution in [1.82, 2.24) is 15.1 Å². The normalized spacial score (nSPS) is 10.6. The highest BCUT2D eigenvalue weighted by Crippen LogP contribution is 2.25. The highest BCUT2D eigenvalue weighted by atomic mass is 35.5. The molecular weight excluding hydrogens is 341 g/mol. The maximum atomic E-state index is 12.0. The Morgan fingerprint density at radius 2 is 2.00 bits per heavy atom. The standard InChI is InChI=1S/C15H15Cl2N3O3/c1-9-7-13(15(23)18-6-2-3-14(21)22)19-20(9)10-4-5-11(16)12(17)8-10/h4-5,7-8H,2-3,6H2,1H3,(H,18,23)(H,21,22). The van der Waals surface area contributed by atoms with E-state index in [-0.39, 0.29) is 24.6 Å². The number of benzene rings is 1. The molecule has 0 unspecified atom stereocenters. The molecule has 1 aromatic heterocycles. The minimum absolute atomic E-state index is 0.0109. The number of nitrogens with one attached hydrogen (secondary N) is 1. The number of carbonyl (C=O) groups excluding carboxylic acids is 1. The Labute approximate surface area is 143 Å². The molecule has 2 N–H and O–H groups in total. The highest BCUT2D eigenvalue weighted by Gasteiger charge is 2.13. The average Bonchev–Trinajstić information content (AvgIpc) is 2.88. The molecule has 2 rings (SSSR count). The molecule has 1 heterocycles. The highest BCUT2D eigenvalue weighted by molar-refractivity contribution is 6.42. The van der Waals surface area contributed by atoms with Crippen molar-refractivity contribution in [2.75, 3.05) is 6.54 Å². The lowest BCUT2D eigenvalue weighted by molar-refractivity contribution is -0.137. The average molecular weight is 356 g/mol. The molecule has 1 aromatic carbocycles. The van der Waals surface area contributed by atoms with Crippen LogP contribution in [-0.4, -0.2) is 33.3 Å². The zero-order valence-corrected chi connectivity index (χ0v) is 13.9. The van der Waals surface area contributed by atoms with Crippen LogP contribution in [-0.2, 0) is 4.79 Å². The predicted octanol–water partition coefficient (Wildman–Crippen LogP) is 3.08. The van der Waals surface area contributed by atoms with E-state index < -0.39 is 5.97 Å². The summed E-state index contributed by atoms with van der Waals surface area (Å²) in [6, 6.07) is 6.72. The van der Waals surface area contributed by atoms with Crippen LogP contribution in [0.3, 0.4) is 0 Å². The topological polar surface area (TPSA) is 84.2 Å². The number of nitrogens with zero attached hydrogens (tertiary/aromatic N) is 2. The van der Waals surface area contributed by atoms with Crippen LogP contribution in [0.1, 0.15) is 29.0 Å². The Bertz CT molecular complexity index is 744. The number of amides is 1. The Morgan fingerprint density at radius 1 is 1.26 bits per heavy atom. The zero-order valence-electron chi connectivity index (χ0n) is 12.3. The number of hydrogen-bond donors (Lipinski definition) is 2. The summed E-state index contributed by atoms with van der Waals surface area (Å²) in [7, 11) is 0. The summed E-state index contributed by atoms with van der Waals surface area (Å²) in [5.74, 6) is -1.24. The number of carbonyl (C=O) groups is 2. The SMILES string of the molecule is Cc1cc(C(=O)NCCCC(=O)O)nn1-c1ccc(Cl)c(Cl)c1. The summed E-state index contributed by atoms with van der Waals surface area (Å²) in [5.41, 5.74) is 1.71. The molecule has 6 nitrogen and oxygen atoms in total. The first-order valence-corrected chi connectivity index (χ1v) is 7.66. The lowest BCUT2D eigenvalue weighted by Crippen LogP contribution is -2.25. The molecule has 0 aliphatic heterocycles. The molecule has 1 amide bonds. The van der Waals surface area contributed by atoms with E-state index in [1.807, 2.05) is 6.92 Å². The minimum atomic E-state index is -0.890. The summed E-state index contributed by atoms with van der Waals surface area (Å²) in [5, 5.41) is 16.3. The van der Waals surface area contributed by atoms with Gasteiger partial charge in [0.2, 0.25) is 0 Å². The first-order valence-electron chi connectivity index (χ1n) is 6.90. The molecule has 0 aliphatic carbocycles. The molecule has 0 radical (unpaired) electrons. The van der Waals surface area contributed by atoms with Gasteiger partial charge in [-0.3, -0.25) is 9.59 Å². The van der Waals surface area contributed by atoms with Crippen molar-refractivity contribution in [3.05, 3.63) is 45.7 Å². The molecule has 0 spiro atoms. The van der Waals surface area contributed by atoms with Gasteiger partial charge in [0.05, 0.1) is 15.7 Å². The predicted molar refractivity (Wildman–Crippen MR) is 87.5 cm³/mol. The monoisotopic (exact) mass is 355 g/mol. The van der Waals surface area contributed by atoms with Crippen molar-refractivity contribution in [2.24, 2.45) is 0 Å². The van der Waals surface area contributed by atoms with Gasteiger partial charge in [-0.1, -0.05) is 23.2 Å². The van der Waals surface area contributed by atoms with Gasteiger partial charge in [-0.25, -0.2) is 4.68 Å². The van der Waals surface area contributed by atoms with E-state index in [4.69, 9.17) is 28.3 Å². The molecule has 0 fully saturated rings. The van der Waals surface area contributed by atoms with E-state index in [0.717, 1.165) is 5.69 Å². The van der Waals surface area contributed by atoms with Crippen LogP contribution < -0.4 is 5.32 Å². The van der Waals surface area contributed by atoms with Crippen LogP contribution in [0, 0.1) is 6.92 Å². The van der Waals surface area contributed by atoms with Crippen LogP contribution in [0.2, 0.25) is 10.0 Å². The van der Waals surface area contributed by atoms with Crippen molar-refractivity contribution in [1.29, 1.82) is 0 Å². The summed E-state index contributed by atoms with van der Waals surface area (Å²) < 4.78 is 1.59. The Balaban J connectivity index is 2.09. The van der Waals surface area contributed by atoms with Crippen LogP contribution in [0.5, 0.6) is 0 Å². The second kappa shape index (κ2) is 7.48. The van der Waals surface area contributed by atoms with Crippen LogP contribution in [0.15, 0.2) is 24.3 Å². The van der Waals surface area contributed by atoms with Gasteiger partial charge in [0.15, 0.2) is 5.69 Å². The third kappa shape index (κ3) is 4.46. The summed E-state index contributed by atoms with van der Waals surface area (Å²) in [6.45, 7) is 2.10. The second-order valence-corrected chi connectivity index (χ2v) is 5.75. The van der Waals surface area contributed by atoms with E-state index in [9.17, 15) is 9.59 Å². The number of aromatic nitrogens is 2. The summed E-state index contributed by atoms with van der Waals surface area (Å²) >= 11 is 11.9. The molecule has 0 saturated heterocycles. The Kier molecular flexibility index (Phi) is 5.63. The van der Waals surface area contributed by atoms with Gasteiger partial charge in [-0.05, 0) is 37.6 Å². The Morgan fingerprint density at radius 3 is 2.65 bits per heavy atom. The second-order valence-electron chi connectivity index (χ2n) is 4.93. The maximum absolute atomic E-state index is 12.0. The van der Waals surface area contributed by atoms with Crippen molar-refractivity contribution >= 4 is 35.1 Å². The van der Waals surface area contributed by atoms with Crippen molar-refractivity contribution in [2.45, 2.75) is 19.8 Å². The fourth-order valence-corrected chi connectivity index (χ4v) is 2.29. The van der Waals surface area contributed by atoms with Crippen molar-refractivity contribution < 1.29 is 14.7 Å². The van der Waals surface area contributed by atoms with Crippen LogP contribution in [0.4, 0.5) is 0 Å². The molecule has 0 saturated carbocycles. The first kappa shape index (κ1) is 17.3. The summed E-state index contributed by atoms with van der Waals surface area (Å²) in [6.07, 6.45) is 0.380. The van der Waals surface area contributed by atoms with Crippen LogP contribution >= 0.6 is 23.2 Å². The fraction of sp³-hybridized carbons (Fsp3) is 0.267. The van der Waals surface area contributed by atoms with Crippen LogP contribution in [0.25, 0.3) is 5.69 Å². The number of halogens is 2. The molecule has 0 bridgehead atoms. The van der Waals surface area contributed by atoms with E-state index >= 15 is 0 Å². The van der Waals surface area contributed by atoms with Gasteiger partial charge in [-0.2, -0.15) is 5.10 Å². The van der Waals surface area contributed by atoms with E-state index in [0.29, 0.717) is 22.2 Å². The quantitative estimate of drug-likeness (QED) is 0.779. The lowest BCUT2D eigenvalue weighted by Gasteiger charge is -2.05. The summed E-state index contributed by atoms with van der Waals surface area (Å²) in [4.78, 5) is 22.4. The van der Waals surface area contributed by atoms with Gasteiger partial charge in [0, 0.05) is 18.7 Å². The molecule has 2 aromatic rings. The van der Waals surface area contributed by atoms with E-state index in [2.05, 4.69) is 10.4 Å². The largest absolute Gasteiger partial charge is 0.481 e. The third-order valence-electron chi connectivity index (χ3n) is 3.12. The smallest absolute Gasteiger partial charge is 0.303 e. The number of carboxylic acids is 1. The first-order chi connectivity index (χ1) is 10.9. The molecule has 0 atom stereocenters. The molecular formula is C15H15Cl2N3O3. The number of aryl methyl sites for hydroxylation is 1.